The number of thiocyanates is 1. The predicted octanol–water partition coefficient (Wildman–Crippen LogP) is 2.35. The van der Waals surface area contributed by atoms with Crippen molar-refractivity contribution in [3.05, 3.63) is 0 Å². The molecule has 0 bridgehead atoms. The summed E-state index contributed by atoms with van der Waals surface area (Å²) in [6.07, 6.45) is 2.15. The molecule has 0 aliphatic carbocycles. The van der Waals surface area contributed by atoms with E-state index in [1.165, 1.54) is 11.8 Å². The second kappa shape index (κ2) is 7.39. The van der Waals surface area contributed by atoms with Gasteiger partial charge in [0.05, 0.1) is 0 Å². The fourth-order valence-corrected chi connectivity index (χ4v) is 2.86. The molecule has 0 amide bonds. The van der Waals surface area contributed by atoms with E-state index in [0.29, 0.717) is 0 Å². The Morgan fingerprint density at radius 3 is 2.38 bits per heavy atom. The number of hydrogen-bond acceptors (Lipinski definition) is 4. The maximum absolute atomic E-state index is 8.29. The van der Waals surface area contributed by atoms with Gasteiger partial charge >= 0.3 is 8.56 Å². The first-order chi connectivity index (χ1) is 6.18. The van der Waals surface area contributed by atoms with Crippen LogP contribution in [0.1, 0.15) is 12.8 Å². The van der Waals surface area contributed by atoms with E-state index in [1.807, 2.05) is 0 Å². The molecular weight excluding hydrogens is 202 g/mol. The van der Waals surface area contributed by atoms with Crippen LogP contribution in [0.5, 0.6) is 0 Å². The molecule has 0 atom stereocenters. The maximum atomic E-state index is 8.29. The summed E-state index contributed by atoms with van der Waals surface area (Å²) in [6.45, 7) is 2.06. The zero-order chi connectivity index (χ0) is 10.2. The summed E-state index contributed by atoms with van der Waals surface area (Å²) in [5.41, 5.74) is 0. The molecule has 0 rings (SSSR count). The second-order valence-electron chi connectivity index (χ2n) is 2.94. The molecule has 0 fully saturated rings. The lowest BCUT2D eigenvalue weighted by Crippen LogP contribution is -2.35. The van der Waals surface area contributed by atoms with E-state index >= 15 is 0 Å². The topological polar surface area (TPSA) is 42.2 Å². The molecule has 76 valence electrons. The van der Waals surface area contributed by atoms with Crippen molar-refractivity contribution in [2.75, 3.05) is 20.0 Å². The van der Waals surface area contributed by atoms with Gasteiger partial charge in [0.25, 0.3) is 0 Å². The minimum absolute atomic E-state index is 0.911. The van der Waals surface area contributed by atoms with E-state index in [1.54, 1.807) is 14.2 Å². The standard InChI is InChI=1S/C8H17NO2SSi/c1-10-13(3,11-2)7-5-4-6-12-8-9/h4-7H2,1-3H3. The molecule has 0 heterocycles. The van der Waals surface area contributed by atoms with Crippen molar-refractivity contribution >= 4 is 20.3 Å². The second-order valence-corrected chi connectivity index (χ2v) is 7.40. The normalized spacial score (nSPS) is 11.2. The Labute approximate surface area is 85.7 Å². The van der Waals surface area contributed by atoms with Gasteiger partial charge in [0.15, 0.2) is 0 Å². The fourth-order valence-electron chi connectivity index (χ4n) is 0.953. The monoisotopic (exact) mass is 219 g/mol. The zero-order valence-electron chi connectivity index (χ0n) is 8.50. The highest BCUT2D eigenvalue weighted by atomic mass is 32.2. The Morgan fingerprint density at radius 1 is 1.31 bits per heavy atom. The zero-order valence-corrected chi connectivity index (χ0v) is 10.3. The summed E-state index contributed by atoms with van der Waals surface area (Å²) in [6, 6.07) is 1.01. The average Bonchev–Trinajstić information content (AvgIpc) is 2.17. The molecule has 0 saturated heterocycles. The van der Waals surface area contributed by atoms with E-state index in [0.717, 1.165) is 24.6 Å². The van der Waals surface area contributed by atoms with Crippen LogP contribution in [0, 0.1) is 10.7 Å². The van der Waals surface area contributed by atoms with Gasteiger partial charge in [-0.05, 0) is 30.8 Å². The molecule has 0 spiro atoms. The lowest BCUT2D eigenvalue weighted by atomic mass is 10.4. The van der Waals surface area contributed by atoms with Crippen LogP contribution in [-0.4, -0.2) is 28.5 Å². The Hall–Kier alpha value is -0.0231. The van der Waals surface area contributed by atoms with Crippen LogP contribution >= 0.6 is 11.8 Å². The summed E-state index contributed by atoms with van der Waals surface area (Å²) < 4.78 is 10.7. The Balaban J connectivity index is 3.45. The highest BCUT2D eigenvalue weighted by Gasteiger charge is 2.27. The van der Waals surface area contributed by atoms with E-state index < -0.39 is 8.56 Å². The van der Waals surface area contributed by atoms with Gasteiger partial charge in [0, 0.05) is 20.0 Å². The van der Waals surface area contributed by atoms with Crippen molar-refractivity contribution in [1.29, 1.82) is 5.26 Å². The minimum Gasteiger partial charge on any atom is -0.398 e. The summed E-state index contributed by atoms with van der Waals surface area (Å²) in [5, 5.41) is 10.3. The van der Waals surface area contributed by atoms with Crippen LogP contribution in [0.3, 0.4) is 0 Å². The molecule has 0 aromatic heterocycles. The minimum atomic E-state index is -1.85. The van der Waals surface area contributed by atoms with Crippen LogP contribution in [-0.2, 0) is 8.85 Å². The number of rotatable bonds is 7. The fraction of sp³-hybridized carbons (Fsp3) is 0.875. The van der Waals surface area contributed by atoms with Gasteiger partial charge in [-0.1, -0.05) is 6.42 Å². The highest BCUT2D eigenvalue weighted by Crippen LogP contribution is 2.16. The van der Waals surface area contributed by atoms with Crippen LogP contribution in [0.25, 0.3) is 0 Å². The van der Waals surface area contributed by atoms with Crippen LogP contribution < -0.4 is 0 Å². The Kier molecular flexibility index (Phi) is 7.37. The van der Waals surface area contributed by atoms with Crippen LogP contribution in [0.15, 0.2) is 0 Å². The summed E-state index contributed by atoms with van der Waals surface area (Å²) in [7, 11) is 1.57. The lowest BCUT2D eigenvalue weighted by molar-refractivity contribution is 0.248. The van der Waals surface area contributed by atoms with Crippen molar-refractivity contribution in [1.82, 2.24) is 0 Å². The molecular formula is C8H17NO2SSi. The highest BCUT2D eigenvalue weighted by molar-refractivity contribution is 8.03. The third kappa shape index (κ3) is 6.10. The first-order valence-electron chi connectivity index (χ1n) is 4.29. The van der Waals surface area contributed by atoms with Crippen molar-refractivity contribution < 1.29 is 8.85 Å². The third-order valence-electron chi connectivity index (χ3n) is 2.06. The van der Waals surface area contributed by atoms with Crippen molar-refractivity contribution in [2.45, 2.75) is 25.4 Å². The molecule has 0 radical (unpaired) electrons. The summed E-state index contributed by atoms with van der Waals surface area (Å²) >= 11 is 1.31. The molecule has 13 heavy (non-hydrogen) atoms. The maximum Gasteiger partial charge on any atom is 0.334 e. The molecule has 0 saturated carbocycles. The SMILES string of the molecule is CO[Si](C)(CCCCSC#N)OC. The Morgan fingerprint density at radius 2 is 1.92 bits per heavy atom. The van der Waals surface area contributed by atoms with E-state index in [2.05, 4.69) is 11.9 Å². The first kappa shape index (κ1) is 13.0. The lowest BCUT2D eigenvalue weighted by Gasteiger charge is -2.22. The number of unbranched alkanes of at least 4 members (excludes halogenated alkanes) is 1. The van der Waals surface area contributed by atoms with Gasteiger partial charge in [-0.3, -0.25) is 0 Å². The van der Waals surface area contributed by atoms with Gasteiger partial charge in [0.1, 0.15) is 5.40 Å². The van der Waals surface area contributed by atoms with Gasteiger partial charge < -0.3 is 8.85 Å². The predicted molar refractivity (Wildman–Crippen MR) is 57.7 cm³/mol. The van der Waals surface area contributed by atoms with E-state index in [-0.39, 0.29) is 0 Å². The van der Waals surface area contributed by atoms with Crippen LogP contribution in [0.2, 0.25) is 12.6 Å². The Bertz CT molecular complexity index is 168. The number of thioether (sulfide) groups is 1. The largest absolute Gasteiger partial charge is 0.398 e. The van der Waals surface area contributed by atoms with Crippen molar-refractivity contribution in [3.63, 3.8) is 0 Å². The van der Waals surface area contributed by atoms with Crippen molar-refractivity contribution in [3.8, 4) is 5.40 Å². The van der Waals surface area contributed by atoms with Gasteiger partial charge in [-0.2, -0.15) is 5.26 Å². The molecule has 0 aromatic carbocycles. The molecule has 0 unspecified atom stereocenters. The number of nitriles is 1. The van der Waals surface area contributed by atoms with E-state index in [4.69, 9.17) is 14.1 Å². The summed E-state index contributed by atoms with van der Waals surface area (Å²) in [5.74, 6) is 0.911. The number of nitrogens with zero attached hydrogens (tertiary/aromatic N) is 1. The molecule has 3 nitrogen and oxygen atoms in total. The average molecular weight is 219 g/mol. The molecule has 0 aliphatic rings. The molecule has 0 aromatic rings. The third-order valence-corrected chi connectivity index (χ3v) is 5.67. The van der Waals surface area contributed by atoms with Gasteiger partial charge in [0.2, 0.25) is 0 Å². The van der Waals surface area contributed by atoms with Crippen LogP contribution in [0.4, 0.5) is 0 Å². The van der Waals surface area contributed by atoms with Gasteiger partial charge in [-0.25, -0.2) is 0 Å². The number of hydrogen-bond donors (Lipinski definition) is 0. The van der Waals surface area contributed by atoms with Gasteiger partial charge in [-0.15, -0.1) is 0 Å². The quantitative estimate of drug-likeness (QED) is 0.374. The smallest absolute Gasteiger partial charge is 0.334 e. The van der Waals surface area contributed by atoms with Crippen molar-refractivity contribution in [2.24, 2.45) is 0 Å². The molecule has 5 heteroatoms. The first-order valence-corrected chi connectivity index (χ1v) is 7.80. The molecule has 0 aliphatic heterocycles. The summed E-state index contributed by atoms with van der Waals surface area (Å²) in [4.78, 5) is 0. The molecule has 0 N–H and O–H groups in total. The van der Waals surface area contributed by atoms with E-state index in [9.17, 15) is 0 Å².